The molecule has 0 unspecified atom stereocenters. The molecule has 0 radical (unpaired) electrons. The monoisotopic (exact) mass is 420 g/mol. The topological polar surface area (TPSA) is 157 Å². The Hall–Kier alpha value is -3.87. The molecule has 1 saturated heterocycles. The van der Waals surface area contributed by atoms with Crippen LogP contribution in [-0.4, -0.2) is 42.0 Å². The minimum atomic E-state index is -4.30. The van der Waals surface area contributed by atoms with Crippen LogP contribution in [-0.2, 0) is 15.0 Å². The van der Waals surface area contributed by atoms with Gasteiger partial charge in [-0.1, -0.05) is 0 Å². The van der Waals surface area contributed by atoms with E-state index in [1.165, 1.54) is 6.33 Å². The van der Waals surface area contributed by atoms with Gasteiger partial charge in [0, 0.05) is 17.4 Å². The summed E-state index contributed by atoms with van der Waals surface area (Å²) in [4.78, 5) is 30.4. The van der Waals surface area contributed by atoms with Crippen LogP contribution in [0.4, 0.5) is 26.2 Å². The van der Waals surface area contributed by atoms with Crippen LogP contribution in [0.25, 0.3) is 11.0 Å². The second-order valence-electron chi connectivity index (χ2n) is 6.08. The lowest BCUT2D eigenvalue weighted by molar-refractivity contribution is -0.117. The summed E-state index contributed by atoms with van der Waals surface area (Å²) in [6.07, 6.45) is 1.51. The zero-order valence-electron chi connectivity index (χ0n) is 14.4. The summed E-state index contributed by atoms with van der Waals surface area (Å²) in [5.74, 6) is -2.77. The number of carbonyl (C=O) groups excluding carboxylic acids is 2. The van der Waals surface area contributed by atoms with Crippen molar-refractivity contribution in [2.24, 2.45) is 0 Å². The quantitative estimate of drug-likeness (QED) is 0.429. The van der Waals surface area contributed by atoms with Gasteiger partial charge in [0.2, 0.25) is 0 Å². The van der Waals surface area contributed by atoms with Gasteiger partial charge in [0.1, 0.15) is 18.0 Å². The Labute approximate surface area is 162 Å². The summed E-state index contributed by atoms with van der Waals surface area (Å²) in [6, 6.07) is 6.02. The molecular weight excluding hydrogens is 407 g/mol. The minimum Gasteiger partial charge on any atom is -0.506 e. The fraction of sp³-hybridized carbons (Fsp3) is 0.0625. The van der Waals surface area contributed by atoms with Crippen LogP contribution in [0.3, 0.4) is 0 Å². The molecule has 5 N–H and O–H groups in total. The van der Waals surface area contributed by atoms with Crippen molar-refractivity contribution in [3.63, 3.8) is 0 Å². The first kappa shape index (κ1) is 18.5. The molecule has 3 amide bonds. The standard InChI is InChI=1S/C16H13FN6O5S/c17-10-3-9(5-13(24)15(10)23-6-14(25)22-29(23,27)28)21-16(26)20-8-1-2-11-12(4-8)19-7-18-11/h1-5,7,24H,6H2,(H,18,19)(H,22,25)(H2,20,21,26). The van der Waals surface area contributed by atoms with Crippen LogP contribution >= 0.6 is 0 Å². The lowest BCUT2D eigenvalue weighted by Gasteiger charge is -2.18. The van der Waals surface area contributed by atoms with Gasteiger partial charge in [0.25, 0.3) is 5.91 Å². The number of fused-ring (bicyclic) bond motifs is 1. The fourth-order valence-electron chi connectivity index (χ4n) is 2.85. The number of hydrogen-bond donors (Lipinski definition) is 5. The molecule has 11 nitrogen and oxygen atoms in total. The molecule has 0 spiro atoms. The molecule has 13 heteroatoms. The molecule has 2 aromatic carbocycles. The minimum absolute atomic E-state index is 0.127. The van der Waals surface area contributed by atoms with Gasteiger partial charge < -0.3 is 20.7 Å². The number of phenolic OH excluding ortho intramolecular Hbond substituents is 1. The van der Waals surface area contributed by atoms with E-state index in [-0.39, 0.29) is 5.69 Å². The summed E-state index contributed by atoms with van der Waals surface area (Å²) in [5.41, 5.74) is 1.02. The second kappa shape index (κ2) is 6.63. The second-order valence-corrected chi connectivity index (χ2v) is 7.67. The van der Waals surface area contributed by atoms with Gasteiger partial charge in [0.15, 0.2) is 5.82 Å². The molecule has 1 aromatic heterocycles. The Bertz CT molecular complexity index is 1230. The molecular formula is C16H13FN6O5S. The van der Waals surface area contributed by atoms with Crippen molar-refractivity contribution >= 4 is 50.2 Å². The van der Waals surface area contributed by atoms with Crippen molar-refractivity contribution in [2.45, 2.75) is 0 Å². The van der Waals surface area contributed by atoms with E-state index in [0.717, 1.165) is 17.6 Å². The van der Waals surface area contributed by atoms with E-state index in [4.69, 9.17) is 0 Å². The smallest absolute Gasteiger partial charge is 0.326 e. The third-order valence-electron chi connectivity index (χ3n) is 4.05. The van der Waals surface area contributed by atoms with Crippen LogP contribution in [0.15, 0.2) is 36.7 Å². The van der Waals surface area contributed by atoms with E-state index in [2.05, 4.69) is 20.6 Å². The third-order valence-corrected chi connectivity index (χ3v) is 5.43. The maximum Gasteiger partial charge on any atom is 0.326 e. The number of halogens is 1. The van der Waals surface area contributed by atoms with Crippen molar-refractivity contribution < 1.29 is 27.5 Å². The number of rotatable bonds is 3. The van der Waals surface area contributed by atoms with Crippen LogP contribution < -0.4 is 19.7 Å². The van der Waals surface area contributed by atoms with Gasteiger partial charge in [-0.15, -0.1) is 0 Å². The highest BCUT2D eigenvalue weighted by Crippen LogP contribution is 2.36. The van der Waals surface area contributed by atoms with Crippen molar-refractivity contribution in [3.05, 3.63) is 42.5 Å². The average molecular weight is 420 g/mol. The van der Waals surface area contributed by atoms with E-state index in [1.807, 2.05) is 0 Å². The van der Waals surface area contributed by atoms with Crippen LogP contribution in [0.5, 0.6) is 5.75 Å². The average Bonchev–Trinajstić information content (AvgIpc) is 3.17. The number of aromatic hydroxyl groups is 1. The SMILES string of the molecule is O=C1CN(c2c(O)cc(NC(=O)Nc3ccc4[nH]cnc4c3)cc2F)S(=O)(=O)N1. The van der Waals surface area contributed by atoms with Gasteiger partial charge >= 0.3 is 16.2 Å². The highest BCUT2D eigenvalue weighted by Gasteiger charge is 2.37. The van der Waals surface area contributed by atoms with Crippen molar-refractivity contribution in [1.29, 1.82) is 0 Å². The molecule has 150 valence electrons. The molecule has 0 atom stereocenters. The maximum absolute atomic E-state index is 14.5. The first-order chi connectivity index (χ1) is 13.7. The first-order valence-corrected chi connectivity index (χ1v) is 9.54. The number of hydrogen-bond acceptors (Lipinski definition) is 6. The number of amides is 3. The van der Waals surface area contributed by atoms with Gasteiger partial charge in [-0.05, 0) is 24.3 Å². The summed E-state index contributed by atoms with van der Waals surface area (Å²) in [7, 11) is -4.30. The molecule has 4 rings (SSSR count). The number of benzene rings is 2. The van der Waals surface area contributed by atoms with Crippen molar-refractivity contribution in [2.75, 3.05) is 21.5 Å². The van der Waals surface area contributed by atoms with E-state index in [0.29, 0.717) is 15.5 Å². The van der Waals surface area contributed by atoms with E-state index in [1.54, 1.807) is 22.9 Å². The fourth-order valence-corrected chi connectivity index (χ4v) is 4.02. The highest BCUT2D eigenvalue weighted by molar-refractivity contribution is 7.92. The Morgan fingerprint density at radius 2 is 1.97 bits per heavy atom. The number of phenols is 1. The number of imidazole rings is 1. The Balaban J connectivity index is 1.53. The first-order valence-electron chi connectivity index (χ1n) is 8.10. The highest BCUT2D eigenvalue weighted by atomic mass is 32.2. The molecule has 0 saturated carbocycles. The van der Waals surface area contributed by atoms with E-state index in [9.17, 15) is 27.5 Å². The zero-order valence-corrected chi connectivity index (χ0v) is 15.2. The van der Waals surface area contributed by atoms with Gasteiger partial charge in [-0.25, -0.2) is 23.2 Å². The predicted octanol–water partition coefficient (Wildman–Crippen LogP) is 1.23. The number of aromatic nitrogens is 2. The summed E-state index contributed by atoms with van der Waals surface area (Å²) in [5, 5.41) is 14.9. The van der Waals surface area contributed by atoms with Crippen LogP contribution in [0, 0.1) is 5.82 Å². The summed E-state index contributed by atoms with van der Waals surface area (Å²) >= 11 is 0. The lowest BCUT2D eigenvalue weighted by atomic mass is 10.2. The van der Waals surface area contributed by atoms with Gasteiger partial charge in [-0.3, -0.25) is 4.79 Å². The molecule has 1 fully saturated rings. The lowest BCUT2D eigenvalue weighted by Crippen LogP contribution is -2.30. The molecule has 2 heterocycles. The van der Waals surface area contributed by atoms with Crippen molar-refractivity contribution in [1.82, 2.24) is 14.7 Å². The molecule has 3 aromatic rings. The van der Waals surface area contributed by atoms with E-state index < -0.39 is 45.9 Å². The largest absolute Gasteiger partial charge is 0.506 e. The van der Waals surface area contributed by atoms with E-state index >= 15 is 0 Å². The number of H-pyrrole nitrogens is 1. The van der Waals surface area contributed by atoms with Gasteiger partial charge in [0.05, 0.1) is 17.4 Å². The normalized spacial score (nSPS) is 15.3. The molecule has 29 heavy (non-hydrogen) atoms. The zero-order chi connectivity index (χ0) is 20.8. The maximum atomic E-state index is 14.5. The predicted molar refractivity (Wildman–Crippen MR) is 101 cm³/mol. The summed E-state index contributed by atoms with van der Waals surface area (Å²) in [6.45, 7) is -0.671. The Kier molecular flexibility index (Phi) is 4.23. The third kappa shape index (κ3) is 3.50. The number of aromatic amines is 1. The molecule has 1 aliphatic heterocycles. The number of carbonyl (C=O) groups is 2. The number of nitrogens with one attached hydrogen (secondary N) is 4. The van der Waals surface area contributed by atoms with Crippen molar-refractivity contribution in [3.8, 4) is 5.75 Å². The van der Waals surface area contributed by atoms with Crippen LogP contribution in [0.1, 0.15) is 0 Å². The molecule has 1 aliphatic rings. The van der Waals surface area contributed by atoms with Gasteiger partial charge in [-0.2, -0.15) is 8.42 Å². The van der Waals surface area contributed by atoms with Crippen LogP contribution in [0.2, 0.25) is 0 Å². The number of nitrogens with zero attached hydrogens (tertiary/aromatic N) is 2. The molecule has 0 aliphatic carbocycles. The molecule has 0 bridgehead atoms. The number of anilines is 3. The Morgan fingerprint density at radius 3 is 2.66 bits per heavy atom. The summed E-state index contributed by atoms with van der Waals surface area (Å²) < 4.78 is 40.2. The number of urea groups is 1. The Morgan fingerprint density at radius 1 is 1.21 bits per heavy atom.